The normalized spacial score (nSPS) is 23.6. The van der Waals surface area contributed by atoms with Crippen LogP contribution in [-0.4, -0.2) is 48.2 Å². The van der Waals surface area contributed by atoms with Gasteiger partial charge in [-0.05, 0) is 68.8 Å². The highest BCUT2D eigenvalue weighted by Gasteiger charge is 2.31. The molecule has 0 radical (unpaired) electrons. The highest BCUT2D eigenvalue weighted by molar-refractivity contribution is 5.25. The lowest BCUT2D eigenvalue weighted by atomic mass is 9.90. The van der Waals surface area contributed by atoms with Crippen molar-refractivity contribution in [3.8, 4) is 0 Å². The molecular weight excluding hydrogens is 372 g/mol. The van der Waals surface area contributed by atoms with Crippen LogP contribution in [0.25, 0.3) is 0 Å². The topological polar surface area (TPSA) is 63.4 Å². The molecule has 3 N–H and O–H groups in total. The minimum atomic E-state index is 0.290. The number of nitrogens with two attached hydrogens (primary N) is 1. The van der Waals surface area contributed by atoms with Gasteiger partial charge in [-0.25, -0.2) is 0 Å². The summed E-state index contributed by atoms with van der Waals surface area (Å²) >= 11 is 0. The average Bonchev–Trinajstić information content (AvgIpc) is 3.25. The number of hydrogen-bond acceptors (Lipinski definition) is 5. The Kier molecular flexibility index (Phi) is 7.87. The lowest BCUT2D eigenvalue weighted by Gasteiger charge is -2.36. The molecule has 0 saturated carbocycles. The van der Waals surface area contributed by atoms with E-state index in [2.05, 4.69) is 46.6 Å². The van der Waals surface area contributed by atoms with Crippen LogP contribution in [0.5, 0.6) is 0 Å². The smallest absolute Gasteiger partial charge is 0.0721 e. The summed E-state index contributed by atoms with van der Waals surface area (Å²) in [4.78, 5) is 7.46. The number of unbranched alkanes of at least 4 members (excludes halogenated alkanes) is 1. The van der Waals surface area contributed by atoms with Gasteiger partial charge >= 0.3 is 0 Å². The van der Waals surface area contributed by atoms with Crippen LogP contribution in [0.2, 0.25) is 0 Å². The molecular formula is C25H36N4O. The van der Waals surface area contributed by atoms with Gasteiger partial charge in [-0.1, -0.05) is 36.4 Å². The largest absolute Gasteiger partial charge is 0.372 e. The van der Waals surface area contributed by atoms with Gasteiger partial charge in [-0.2, -0.15) is 0 Å². The molecule has 1 fully saturated rings. The molecule has 0 amide bonds. The number of nitrogens with one attached hydrogen (secondary N) is 1. The fourth-order valence-corrected chi connectivity index (χ4v) is 4.89. The second-order valence-corrected chi connectivity index (χ2v) is 8.71. The zero-order valence-electron chi connectivity index (χ0n) is 18.0. The summed E-state index contributed by atoms with van der Waals surface area (Å²) in [5.41, 5.74) is 9.75. The molecule has 5 heteroatoms. The molecule has 162 valence electrons. The minimum absolute atomic E-state index is 0.290. The quantitative estimate of drug-likeness (QED) is 0.590. The van der Waals surface area contributed by atoms with Gasteiger partial charge in [-0.15, -0.1) is 0 Å². The number of ether oxygens (including phenoxy) is 1. The maximum atomic E-state index is 6.19. The zero-order chi connectivity index (χ0) is 20.6. The van der Waals surface area contributed by atoms with Crippen molar-refractivity contribution in [3.05, 3.63) is 65.5 Å². The van der Waals surface area contributed by atoms with Crippen molar-refractivity contribution in [1.29, 1.82) is 0 Å². The average molecular weight is 409 g/mol. The first-order valence-electron chi connectivity index (χ1n) is 11.6. The van der Waals surface area contributed by atoms with Gasteiger partial charge in [0, 0.05) is 25.3 Å². The van der Waals surface area contributed by atoms with Crippen molar-refractivity contribution in [1.82, 2.24) is 15.2 Å². The second-order valence-electron chi connectivity index (χ2n) is 8.71. The zero-order valence-corrected chi connectivity index (χ0v) is 18.0. The van der Waals surface area contributed by atoms with Crippen molar-refractivity contribution < 1.29 is 4.74 Å². The van der Waals surface area contributed by atoms with E-state index < -0.39 is 0 Å². The number of rotatable bonds is 10. The van der Waals surface area contributed by atoms with Gasteiger partial charge < -0.3 is 15.8 Å². The van der Waals surface area contributed by atoms with E-state index in [4.69, 9.17) is 15.5 Å². The summed E-state index contributed by atoms with van der Waals surface area (Å²) in [6.07, 6.45) is 9.16. The Morgan fingerprint density at radius 1 is 1.13 bits per heavy atom. The van der Waals surface area contributed by atoms with E-state index in [1.54, 1.807) is 0 Å². The summed E-state index contributed by atoms with van der Waals surface area (Å²) in [7, 11) is 0. The highest BCUT2D eigenvalue weighted by Crippen LogP contribution is 2.33. The molecule has 2 heterocycles. The van der Waals surface area contributed by atoms with Gasteiger partial charge in [-0.3, -0.25) is 9.88 Å². The van der Waals surface area contributed by atoms with Crippen LogP contribution in [0.15, 0.2) is 48.7 Å². The summed E-state index contributed by atoms with van der Waals surface area (Å²) in [6.45, 7) is 4.54. The van der Waals surface area contributed by atoms with Crippen molar-refractivity contribution >= 4 is 0 Å². The number of fused-ring (bicyclic) bond motifs is 1. The molecule has 1 unspecified atom stereocenters. The third-order valence-electron chi connectivity index (χ3n) is 6.47. The number of hydrogen-bond donors (Lipinski definition) is 2. The van der Waals surface area contributed by atoms with E-state index >= 15 is 0 Å². The molecule has 1 aromatic heterocycles. The summed E-state index contributed by atoms with van der Waals surface area (Å²) < 4.78 is 6.19. The van der Waals surface area contributed by atoms with Crippen molar-refractivity contribution in [3.63, 3.8) is 0 Å². The Hall–Kier alpha value is -1.79. The number of nitrogens with zero attached hydrogens (tertiary/aromatic N) is 2. The van der Waals surface area contributed by atoms with E-state index in [0.29, 0.717) is 18.7 Å². The van der Waals surface area contributed by atoms with Crippen LogP contribution in [0, 0.1) is 0 Å². The van der Waals surface area contributed by atoms with E-state index in [1.807, 2.05) is 12.3 Å². The number of benzene rings is 1. The summed E-state index contributed by atoms with van der Waals surface area (Å²) in [6, 6.07) is 15.7. The van der Waals surface area contributed by atoms with Crippen LogP contribution >= 0.6 is 0 Å². The lowest BCUT2D eigenvalue weighted by molar-refractivity contribution is 0.0509. The molecule has 2 aromatic rings. The summed E-state index contributed by atoms with van der Waals surface area (Å²) in [5, 5.41) is 3.72. The van der Waals surface area contributed by atoms with Crippen molar-refractivity contribution in [2.45, 2.75) is 63.3 Å². The number of aryl methyl sites for hydroxylation is 1. The van der Waals surface area contributed by atoms with Gasteiger partial charge in [0.1, 0.15) is 0 Å². The molecule has 30 heavy (non-hydrogen) atoms. The first kappa shape index (κ1) is 21.4. The molecule has 1 aliphatic carbocycles. The molecule has 1 aromatic carbocycles. The highest BCUT2D eigenvalue weighted by atomic mass is 16.5. The Morgan fingerprint density at radius 3 is 2.90 bits per heavy atom. The van der Waals surface area contributed by atoms with Crippen LogP contribution in [-0.2, 0) is 17.8 Å². The molecule has 5 nitrogen and oxygen atoms in total. The number of aromatic nitrogens is 1. The first-order chi connectivity index (χ1) is 14.8. The van der Waals surface area contributed by atoms with Crippen LogP contribution in [0.3, 0.4) is 0 Å². The van der Waals surface area contributed by atoms with E-state index in [9.17, 15) is 0 Å². The van der Waals surface area contributed by atoms with E-state index in [-0.39, 0.29) is 6.10 Å². The predicted molar refractivity (Wildman–Crippen MR) is 121 cm³/mol. The van der Waals surface area contributed by atoms with Crippen LogP contribution in [0.1, 0.15) is 55.0 Å². The Labute approximate surface area is 181 Å². The van der Waals surface area contributed by atoms with Gasteiger partial charge in [0.25, 0.3) is 0 Å². The predicted octanol–water partition coefficient (Wildman–Crippen LogP) is 3.45. The van der Waals surface area contributed by atoms with Gasteiger partial charge in [0.05, 0.1) is 24.4 Å². The second kappa shape index (κ2) is 11.0. The Balaban J connectivity index is 1.35. The molecule has 0 spiro atoms. The van der Waals surface area contributed by atoms with Gasteiger partial charge in [0.15, 0.2) is 0 Å². The van der Waals surface area contributed by atoms with Crippen molar-refractivity contribution in [2.75, 3.05) is 26.2 Å². The van der Waals surface area contributed by atoms with Crippen molar-refractivity contribution in [2.24, 2.45) is 5.73 Å². The minimum Gasteiger partial charge on any atom is -0.372 e. The maximum absolute atomic E-state index is 6.19. The fourth-order valence-electron chi connectivity index (χ4n) is 4.89. The lowest BCUT2D eigenvalue weighted by Crippen LogP contribution is -2.41. The molecule has 4 rings (SSSR count). The molecule has 1 aliphatic heterocycles. The fraction of sp³-hybridized carbons (Fsp3) is 0.560. The third-order valence-corrected chi connectivity index (χ3v) is 6.47. The van der Waals surface area contributed by atoms with Crippen LogP contribution in [0.4, 0.5) is 0 Å². The monoisotopic (exact) mass is 408 g/mol. The molecule has 2 aliphatic rings. The summed E-state index contributed by atoms with van der Waals surface area (Å²) in [5.74, 6) is 0. The Bertz CT molecular complexity index is 769. The molecule has 0 bridgehead atoms. The number of pyridine rings is 1. The standard InChI is InChI=1S/C25H36N4O/c26-13-4-5-15-29(24-12-6-10-21-11-7-14-27-25(21)24)18-22-16-23(17-28-22)30-19-20-8-2-1-3-9-20/h1-3,7-9,11,14,22-24,28H,4-6,10,12-13,15-19,26H2/t22-,23?,24-/m0/s1. The maximum Gasteiger partial charge on any atom is 0.0721 e. The van der Waals surface area contributed by atoms with E-state index in [1.165, 1.54) is 29.7 Å². The van der Waals surface area contributed by atoms with E-state index in [0.717, 1.165) is 51.9 Å². The Morgan fingerprint density at radius 2 is 2.03 bits per heavy atom. The SMILES string of the molecule is NCCCCN(C[C@@H]1CC(OCc2ccccc2)CN1)[C@H]1CCCc2cccnc21. The molecule has 1 saturated heterocycles. The van der Waals surface area contributed by atoms with Crippen LogP contribution < -0.4 is 11.1 Å². The first-order valence-corrected chi connectivity index (χ1v) is 11.6. The van der Waals surface area contributed by atoms with Gasteiger partial charge in [0.2, 0.25) is 0 Å². The molecule has 3 atom stereocenters. The third kappa shape index (κ3) is 5.67.